The first-order valence-corrected chi connectivity index (χ1v) is 9.63. The molecule has 1 aromatic rings. The molecule has 25 heavy (non-hydrogen) atoms. The van der Waals surface area contributed by atoms with E-state index in [1.807, 2.05) is 6.92 Å². The van der Waals surface area contributed by atoms with Crippen LogP contribution in [0.4, 0.5) is 5.69 Å². The molecule has 0 aliphatic carbocycles. The lowest BCUT2D eigenvalue weighted by molar-refractivity contribution is 0.330. The van der Waals surface area contributed by atoms with Gasteiger partial charge in [0, 0.05) is 18.8 Å². The fourth-order valence-corrected chi connectivity index (χ4v) is 2.76. The lowest BCUT2D eigenvalue weighted by atomic mass is 9.87. The summed E-state index contributed by atoms with van der Waals surface area (Å²) in [6.45, 7) is 24.4. The second kappa shape index (κ2) is 8.74. The van der Waals surface area contributed by atoms with Gasteiger partial charge in [0.15, 0.2) is 0 Å². The molecule has 0 radical (unpaired) electrons. The van der Waals surface area contributed by atoms with E-state index in [9.17, 15) is 0 Å². The zero-order valence-electron chi connectivity index (χ0n) is 17.9. The molecule has 0 aromatic heterocycles. The number of allylic oxidation sites excluding steroid dienone is 2. The van der Waals surface area contributed by atoms with E-state index in [-0.39, 0.29) is 0 Å². The number of rotatable bonds is 8. The predicted octanol–water partition coefficient (Wildman–Crippen LogP) is 7.26. The third-order valence-electron chi connectivity index (χ3n) is 4.83. The van der Waals surface area contributed by atoms with Gasteiger partial charge in [-0.2, -0.15) is 0 Å². The molecule has 0 atom stereocenters. The molecule has 140 valence electrons. The van der Waals surface area contributed by atoms with E-state index in [4.69, 9.17) is 0 Å². The molecule has 1 aromatic carbocycles. The normalized spacial score (nSPS) is 12.6. The van der Waals surface area contributed by atoms with Crippen molar-refractivity contribution in [3.8, 4) is 0 Å². The minimum atomic E-state index is 0.322. The zero-order chi connectivity index (χ0) is 19.3. The number of nitrogens with zero attached hydrogens (tertiary/aromatic N) is 1. The average molecular weight is 342 g/mol. The molecular formula is C24H39N. The van der Waals surface area contributed by atoms with Crippen LogP contribution in [0.5, 0.6) is 0 Å². The molecule has 0 fully saturated rings. The highest BCUT2D eigenvalue weighted by molar-refractivity contribution is 5.61. The topological polar surface area (TPSA) is 3.24 Å². The fourth-order valence-electron chi connectivity index (χ4n) is 2.76. The van der Waals surface area contributed by atoms with Crippen molar-refractivity contribution in [3.05, 3.63) is 47.6 Å². The van der Waals surface area contributed by atoms with Gasteiger partial charge in [0.05, 0.1) is 0 Å². The molecule has 0 bridgehead atoms. The van der Waals surface area contributed by atoms with Crippen LogP contribution in [0.3, 0.4) is 0 Å². The van der Waals surface area contributed by atoms with Crippen molar-refractivity contribution in [2.45, 2.75) is 68.2 Å². The monoisotopic (exact) mass is 341 g/mol. The second-order valence-corrected chi connectivity index (χ2v) is 9.48. The van der Waals surface area contributed by atoms with E-state index in [2.05, 4.69) is 90.3 Å². The highest BCUT2D eigenvalue weighted by atomic mass is 15.1. The number of benzene rings is 1. The van der Waals surface area contributed by atoms with Crippen molar-refractivity contribution in [1.82, 2.24) is 0 Å². The number of hydrogen-bond acceptors (Lipinski definition) is 1. The summed E-state index contributed by atoms with van der Waals surface area (Å²) in [7, 11) is 0. The average Bonchev–Trinajstić information content (AvgIpc) is 2.49. The Morgan fingerprint density at radius 3 is 2.28 bits per heavy atom. The van der Waals surface area contributed by atoms with Gasteiger partial charge in [-0.05, 0) is 60.8 Å². The van der Waals surface area contributed by atoms with Crippen LogP contribution in [-0.4, -0.2) is 13.1 Å². The van der Waals surface area contributed by atoms with Crippen molar-refractivity contribution in [3.63, 3.8) is 0 Å². The summed E-state index contributed by atoms with van der Waals surface area (Å²) in [6.07, 6.45) is 6.61. The lowest BCUT2D eigenvalue weighted by Gasteiger charge is -2.36. The third-order valence-corrected chi connectivity index (χ3v) is 4.83. The molecule has 0 heterocycles. The van der Waals surface area contributed by atoms with Gasteiger partial charge < -0.3 is 4.90 Å². The third kappa shape index (κ3) is 7.94. The highest BCUT2D eigenvalue weighted by Gasteiger charge is 2.22. The van der Waals surface area contributed by atoms with E-state index in [0.29, 0.717) is 10.8 Å². The van der Waals surface area contributed by atoms with Crippen LogP contribution in [0, 0.1) is 17.8 Å². The minimum Gasteiger partial charge on any atom is -0.371 e. The standard InChI is InChI=1S/C24H39N/c1-10-24(8,9)18-25(16-15-23(5,6)7)22-14-13-21(17-20(22)4)12-11-19(2)3/h11-14,17H,2,10,15-16,18H2,1,3-9H3/b12-11+. The molecule has 1 heteroatoms. The van der Waals surface area contributed by atoms with Gasteiger partial charge in [0.2, 0.25) is 0 Å². The van der Waals surface area contributed by atoms with Gasteiger partial charge >= 0.3 is 0 Å². The molecule has 0 spiro atoms. The molecule has 0 N–H and O–H groups in total. The van der Waals surface area contributed by atoms with Gasteiger partial charge in [0.25, 0.3) is 0 Å². The van der Waals surface area contributed by atoms with Crippen LogP contribution in [0.1, 0.15) is 72.4 Å². The molecule has 1 nitrogen and oxygen atoms in total. The number of aryl methyl sites for hydroxylation is 1. The first-order chi connectivity index (χ1) is 11.4. The van der Waals surface area contributed by atoms with Crippen molar-refractivity contribution in [1.29, 1.82) is 0 Å². The number of hydrogen-bond donors (Lipinski definition) is 0. The molecule has 0 aliphatic heterocycles. The molecule has 0 amide bonds. The van der Waals surface area contributed by atoms with Crippen LogP contribution < -0.4 is 4.90 Å². The Hall–Kier alpha value is -1.50. The van der Waals surface area contributed by atoms with Crippen LogP contribution in [0.15, 0.2) is 36.4 Å². The summed E-state index contributed by atoms with van der Waals surface area (Å²) < 4.78 is 0. The van der Waals surface area contributed by atoms with E-state index < -0.39 is 0 Å². The van der Waals surface area contributed by atoms with Crippen LogP contribution in [0.25, 0.3) is 6.08 Å². The van der Waals surface area contributed by atoms with Crippen LogP contribution in [0.2, 0.25) is 0 Å². The smallest absolute Gasteiger partial charge is 0.0396 e. The molecule has 0 unspecified atom stereocenters. The van der Waals surface area contributed by atoms with E-state index in [0.717, 1.165) is 18.7 Å². The van der Waals surface area contributed by atoms with E-state index >= 15 is 0 Å². The van der Waals surface area contributed by atoms with Crippen molar-refractivity contribution in [2.75, 3.05) is 18.0 Å². The lowest BCUT2D eigenvalue weighted by Crippen LogP contribution is -2.36. The Morgan fingerprint density at radius 1 is 1.16 bits per heavy atom. The minimum absolute atomic E-state index is 0.322. The summed E-state index contributed by atoms with van der Waals surface area (Å²) in [4.78, 5) is 2.59. The Bertz CT molecular complexity index is 599. The molecular weight excluding hydrogens is 302 g/mol. The highest BCUT2D eigenvalue weighted by Crippen LogP contribution is 2.30. The Morgan fingerprint density at radius 2 is 1.80 bits per heavy atom. The summed E-state index contributed by atoms with van der Waals surface area (Å²) in [5.41, 5.74) is 5.73. The van der Waals surface area contributed by atoms with E-state index in [1.54, 1.807) is 0 Å². The summed E-state index contributed by atoms with van der Waals surface area (Å²) in [5, 5.41) is 0. The quantitative estimate of drug-likeness (QED) is 0.450. The summed E-state index contributed by atoms with van der Waals surface area (Å²) >= 11 is 0. The zero-order valence-corrected chi connectivity index (χ0v) is 17.9. The Balaban J connectivity index is 3.09. The van der Waals surface area contributed by atoms with Crippen molar-refractivity contribution in [2.24, 2.45) is 10.8 Å². The van der Waals surface area contributed by atoms with Gasteiger partial charge in [-0.15, -0.1) is 0 Å². The van der Waals surface area contributed by atoms with Crippen molar-refractivity contribution >= 4 is 11.8 Å². The van der Waals surface area contributed by atoms with Crippen LogP contribution in [-0.2, 0) is 0 Å². The molecule has 0 saturated heterocycles. The Labute approximate surface area is 156 Å². The second-order valence-electron chi connectivity index (χ2n) is 9.48. The fraction of sp³-hybridized carbons (Fsp3) is 0.583. The maximum atomic E-state index is 3.94. The summed E-state index contributed by atoms with van der Waals surface area (Å²) in [5.74, 6) is 0. The molecule has 0 saturated carbocycles. The molecule has 1 rings (SSSR count). The first-order valence-electron chi connectivity index (χ1n) is 9.63. The van der Waals surface area contributed by atoms with Crippen molar-refractivity contribution < 1.29 is 0 Å². The largest absolute Gasteiger partial charge is 0.371 e. The maximum Gasteiger partial charge on any atom is 0.0396 e. The first kappa shape index (κ1) is 21.5. The van der Waals surface area contributed by atoms with Gasteiger partial charge in [0.1, 0.15) is 0 Å². The van der Waals surface area contributed by atoms with E-state index in [1.165, 1.54) is 29.7 Å². The Kier molecular flexibility index (Phi) is 7.53. The van der Waals surface area contributed by atoms with Crippen LogP contribution >= 0.6 is 0 Å². The predicted molar refractivity (Wildman–Crippen MR) is 115 cm³/mol. The maximum absolute atomic E-state index is 3.94. The number of anilines is 1. The van der Waals surface area contributed by atoms with Gasteiger partial charge in [-0.3, -0.25) is 0 Å². The van der Waals surface area contributed by atoms with Gasteiger partial charge in [-0.1, -0.05) is 71.9 Å². The van der Waals surface area contributed by atoms with Gasteiger partial charge in [-0.25, -0.2) is 0 Å². The SMILES string of the molecule is C=C(C)/C=C/c1ccc(N(CCC(C)(C)C)CC(C)(C)CC)c(C)c1. The molecule has 0 aliphatic rings. The summed E-state index contributed by atoms with van der Waals surface area (Å²) in [6, 6.07) is 6.81.